The van der Waals surface area contributed by atoms with Crippen LogP contribution in [0.2, 0.25) is 0 Å². The van der Waals surface area contributed by atoms with Gasteiger partial charge in [-0.25, -0.2) is 9.97 Å². The third-order valence-corrected chi connectivity index (χ3v) is 5.85. The van der Waals surface area contributed by atoms with E-state index in [1.807, 2.05) is 6.92 Å². The summed E-state index contributed by atoms with van der Waals surface area (Å²) >= 11 is 1.74. The molecule has 0 amide bonds. The second-order valence-corrected chi connectivity index (χ2v) is 8.49. The van der Waals surface area contributed by atoms with Gasteiger partial charge in [0.25, 0.3) is 0 Å². The standard InChI is InChI=1S/C24H26N4S/c1-15(2)18-6-10-20(11-7-18)26-23-22(19-8-12-21(29-5)13-9-19)27-24-25-16(3)14-17(4)28(23)24/h6-15,26H,1-5H3. The summed E-state index contributed by atoms with van der Waals surface area (Å²) in [6.45, 7) is 8.52. The van der Waals surface area contributed by atoms with E-state index in [-0.39, 0.29) is 0 Å². The van der Waals surface area contributed by atoms with Crippen molar-refractivity contribution in [1.82, 2.24) is 14.4 Å². The van der Waals surface area contributed by atoms with E-state index in [9.17, 15) is 0 Å². The number of aryl methyl sites for hydroxylation is 2. The molecular weight excluding hydrogens is 376 g/mol. The molecule has 148 valence electrons. The molecule has 0 saturated heterocycles. The van der Waals surface area contributed by atoms with E-state index in [4.69, 9.17) is 4.98 Å². The Balaban J connectivity index is 1.85. The summed E-state index contributed by atoms with van der Waals surface area (Å²) in [7, 11) is 0. The Morgan fingerprint density at radius 3 is 2.24 bits per heavy atom. The van der Waals surface area contributed by atoms with Gasteiger partial charge in [0.05, 0.1) is 0 Å². The number of nitrogens with zero attached hydrogens (tertiary/aromatic N) is 3. The fourth-order valence-electron chi connectivity index (χ4n) is 3.53. The number of hydrogen-bond acceptors (Lipinski definition) is 4. The molecular formula is C24H26N4S. The summed E-state index contributed by atoms with van der Waals surface area (Å²) in [6.07, 6.45) is 2.09. The van der Waals surface area contributed by atoms with E-state index < -0.39 is 0 Å². The van der Waals surface area contributed by atoms with Gasteiger partial charge < -0.3 is 5.32 Å². The molecule has 0 aliphatic heterocycles. The van der Waals surface area contributed by atoms with E-state index in [0.717, 1.165) is 34.2 Å². The van der Waals surface area contributed by atoms with E-state index in [0.29, 0.717) is 11.7 Å². The van der Waals surface area contributed by atoms with Crippen LogP contribution >= 0.6 is 11.8 Å². The molecule has 0 bridgehead atoms. The van der Waals surface area contributed by atoms with E-state index >= 15 is 0 Å². The van der Waals surface area contributed by atoms with Crippen molar-refractivity contribution >= 4 is 29.0 Å². The molecule has 0 saturated carbocycles. The Bertz CT molecular complexity index is 1140. The predicted molar refractivity (Wildman–Crippen MR) is 123 cm³/mol. The van der Waals surface area contributed by atoms with Crippen molar-refractivity contribution in [2.75, 3.05) is 11.6 Å². The van der Waals surface area contributed by atoms with Crippen molar-refractivity contribution < 1.29 is 0 Å². The van der Waals surface area contributed by atoms with Gasteiger partial charge in [-0.1, -0.05) is 38.1 Å². The molecule has 1 N–H and O–H groups in total. The maximum atomic E-state index is 4.88. The maximum absolute atomic E-state index is 4.88. The van der Waals surface area contributed by atoms with E-state index in [1.54, 1.807) is 11.8 Å². The Kier molecular flexibility index (Phi) is 5.33. The molecule has 2 aromatic carbocycles. The predicted octanol–water partition coefficient (Wildman–Crippen LogP) is 6.60. The first-order valence-electron chi connectivity index (χ1n) is 9.84. The third kappa shape index (κ3) is 3.87. The summed E-state index contributed by atoms with van der Waals surface area (Å²) in [6, 6.07) is 19.2. The second kappa shape index (κ2) is 7.91. The smallest absolute Gasteiger partial charge is 0.236 e. The SMILES string of the molecule is CSc1ccc(-c2nc3nc(C)cc(C)n3c2Nc2ccc(C(C)C)cc2)cc1. The van der Waals surface area contributed by atoms with Crippen molar-refractivity contribution in [1.29, 1.82) is 0 Å². The average molecular weight is 403 g/mol. The maximum Gasteiger partial charge on any atom is 0.236 e. The number of thioether (sulfide) groups is 1. The molecule has 0 aliphatic rings. The number of anilines is 2. The minimum atomic E-state index is 0.514. The van der Waals surface area contributed by atoms with Crippen LogP contribution in [-0.2, 0) is 0 Å². The molecule has 29 heavy (non-hydrogen) atoms. The van der Waals surface area contributed by atoms with Crippen LogP contribution in [0.5, 0.6) is 0 Å². The van der Waals surface area contributed by atoms with Gasteiger partial charge in [0, 0.05) is 27.5 Å². The molecule has 0 aliphatic carbocycles. The molecule has 4 rings (SSSR count). The Morgan fingerprint density at radius 2 is 1.62 bits per heavy atom. The van der Waals surface area contributed by atoms with Gasteiger partial charge in [0.2, 0.25) is 5.78 Å². The zero-order chi connectivity index (χ0) is 20.5. The number of hydrogen-bond donors (Lipinski definition) is 1. The van der Waals surface area contributed by atoms with Crippen molar-refractivity contribution in [3.05, 3.63) is 71.5 Å². The quantitative estimate of drug-likeness (QED) is 0.382. The van der Waals surface area contributed by atoms with Gasteiger partial charge >= 0.3 is 0 Å². The lowest BCUT2D eigenvalue weighted by Gasteiger charge is -2.12. The number of imidazole rings is 1. The highest BCUT2D eigenvalue weighted by atomic mass is 32.2. The van der Waals surface area contributed by atoms with Gasteiger partial charge in [0.1, 0.15) is 11.5 Å². The Hall–Kier alpha value is -2.79. The van der Waals surface area contributed by atoms with Crippen molar-refractivity contribution in [3.8, 4) is 11.3 Å². The minimum Gasteiger partial charge on any atom is -0.339 e. The van der Waals surface area contributed by atoms with Crippen molar-refractivity contribution in [3.63, 3.8) is 0 Å². The van der Waals surface area contributed by atoms with Gasteiger partial charge in [-0.2, -0.15) is 0 Å². The van der Waals surface area contributed by atoms with E-state index in [2.05, 4.69) is 96.3 Å². The molecule has 2 aromatic heterocycles. The lowest BCUT2D eigenvalue weighted by Crippen LogP contribution is -2.02. The highest BCUT2D eigenvalue weighted by Gasteiger charge is 2.17. The Labute approximate surface area is 176 Å². The first-order valence-corrected chi connectivity index (χ1v) is 11.1. The largest absolute Gasteiger partial charge is 0.339 e. The molecule has 0 unspecified atom stereocenters. The summed E-state index contributed by atoms with van der Waals surface area (Å²) in [4.78, 5) is 10.8. The number of benzene rings is 2. The average Bonchev–Trinajstić information content (AvgIpc) is 3.06. The Morgan fingerprint density at radius 1 is 0.931 bits per heavy atom. The summed E-state index contributed by atoms with van der Waals surface area (Å²) < 4.78 is 2.10. The van der Waals surface area contributed by atoms with Crippen LogP contribution in [0.3, 0.4) is 0 Å². The summed E-state index contributed by atoms with van der Waals surface area (Å²) in [5, 5.41) is 3.60. The van der Waals surface area contributed by atoms with E-state index in [1.165, 1.54) is 10.5 Å². The number of rotatable bonds is 5. The molecule has 0 radical (unpaired) electrons. The zero-order valence-electron chi connectivity index (χ0n) is 17.5. The molecule has 4 aromatic rings. The number of nitrogens with one attached hydrogen (secondary N) is 1. The topological polar surface area (TPSA) is 42.2 Å². The molecule has 0 fully saturated rings. The molecule has 5 heteroatoms. The monoisotopic (exact) mass is 402 g/mol. The molecule has 0 atom stereocenters. The van der Waals surface area contributed by atoms with Crippen LogP contribution in [0.4, 0.5) is 11.5 Å². The molecule has 4 nitrogen and oxygen atoms in total. The van der Waals surface area contributed by atoms with Gasteiger partial charge in [-0.05, 0) is 61.9 Å². The van der Waals surface area contributed by atoms with Gasteiger partial charge in [-0.3, -0.25) is 4.40 Å². The lowest BCUT2D eigenvalue weighted by molar-refractivity contribution is 0.867. The highest BCUT2D eigenvalue weighted by molar-refractivity contribution is 7.98. The van der Waals surface area contributed by atoms with Crippen molar-refractivity contribution in [2.45, 2.75) is 38.5 Å². The van der Waals surface area contributed by atoms with Crippen LogP contribution < -0.4 is 5.32 Å². The fraction of sp³-hybridized carbons (Fsp3) is 0.250. The van der Waals surface area contributed by atoms with Crippen LogP contribution in [0, 0.1) is 13.8 Å². The molecule has 2 heterocycles. The summed E-state index contributed by atoms with van der Waals surface area (Å²) in [5.41, 5.74) is 6.43. The zero-order valence-corrected chi connectivity index (χ0v) is 18.3. The lowest BCUT2D eigenvalue weighted by atomic mass is 10.0. The fourth-order valence-corrected chi connectivity index (χ4v) is 3.94. The van der Waals surface area contributed by atoms with Crippen LogP contribution in [-0.4, -0.2) is 20.6 Å². The third-order valence-electron chi connectivity index (χ3n) is 5.11. The van der Waals surface area contributed by atoms with Crippen LogP contribution in [0.25, 0.3) is 17.0 Å². The second-order valence-electron chi connectivity index (χ2n) is 7.61. The molecule has 0 spiro atoms. The first-order chi connectivity index (χ1) is 14.0. The van der Waals surface area contributed by atoms with Crippen LogP contribution in [0.1, 0.15) is 36.7 Å². The normalized spacial score (nSPS) is 11.4. The van der Waals surface area contributed by atoms with Gasteiger partial charge in [0.15, 0.2) is 0 Å². The number of fused-ring (bicyclic) bond motifs is 1. The van der Waals surface area contributed by atoms with Gasteiger partial charge in [-0.15, -0.1) is 11.8 Å². The van der Waals surface area contributed by atoms with Crippen LogP contribution in [0.15, 0.2) is 59.5 Å². The van der Waals surface area contributed by atoms with Crippen molar-refractivity contribution in [2.24, 2.45) is 0 Å². The summed E-state index contributed by atoms with van der Waals surface area (Å²) in [5.74, 6) is 2.17. The highest BCUT2D eigenvalue weighted by Crippen LogP contribution is 2.33. The number of aromatic nitrogens is 3. The minimum absolute atomic E-state index is 0.514. The first kappa shape index (κ1) is 19.5.